The Kier molecular flexibility index (Phi) is 5.86. The van der Waals surface area contributed by atoms with Crippen molar-refractivity contribution < 1.29 is 4.74 Å². The molecule has 4 nitrogen and oxygen atoms in total. The standard InChI is InChI=1S/C14H17Cl2N3O/c1-20-8-7-17-9-12-5-6-18-19(12)10-11-3-2-4-13(15)14(11)16/h2-6,17H,7-10H2,1H3. The number of methoxy groups -OCH3 is 1. The molecule has 1 N–H and O–H groups in total. The lowest BCUT2D eigenvalue weighted by Gasteiger charge is -2.10. The highest BCUT2D eigenvalue weighted by atomic mass is 35.5. The van der Waals surface area contributed by atoms with Gasteiger partial charge in [0, 0.05) is 26.4 Å². The Bertz CT molecular complexity index is 557. The second-order valence-electron chi connectivity index (χ2n) is 4.36. The van der Waals surface area contributed by atoms with E-state index in [2.05, 4.69) is 10.4 Å². The smallest absolute Gasteiger partial charge is 0.0678 e. The van der Waals surface area contributed by atoms with Crippen molar-refractivity contribution >= 4 is 23.2 Å². The van der Waals surface area contributed by atoms with E-state index in [-0.39, 0.29) is 0 Å². The summed E-state index contributed by atoms with van der Waals surface area (Å²) in [5.74, 6) is 0. The molecular formula is C14H17Cl2N3O. The van der Waals surface area contributed by atoms with Gasteiger partial charge in [-0.3, -0.25) is 4.68 Å². The van der Waals surface area contributed by atoms with Gasteiger partial charge in [0.15, 0.2) is 0 Å². The van der Waals surface area contributed by atoms with Gasteiger partial charge in [0.1, 0.15) is 0 Å². The monoisotopic (exact) mass is 313 g/mol. The van der Waals surface area contributed by atoms with Crippen molar-refractivity contribution in [2.45, 2.75) is 13.1 Å². The van der Waals surface area contributed by atoms with E-state index in [1.54, 1.807) is 19.4 Å². The van der Waals surface area contributed by atoms with Crippen LogP contribution in [-0.4, -0.2) is 30.0 Å². The topological polar surface area (TPSA) is 39.1 Å². The molecule has 6 heteroatoms. The highest BCUT2D eigenvalue weighted by Crippen LogP contribution is 2.26. The Labute approximate surface area is 128 Å². The van der Waals surface area contributed by atoms with Gasteiger partial charge in [-0.15, -0.1) is 0 Å². The zero-order valence-electron chi connectivity index (χ0n) is 11.3. The average Bonchev–Trinajstić information content (AvgIpc) is 2.87. The maximum atomic E-state index is 6.20. The van der Waals surface area contributed by atoms with E-state index >= 15 is 0 Å². The molecule has 0 saturated carbocycles. The molecule has 108 valence electrons. The minimum Gasteiger partial charge on any atom is -0.383 e. The molecule has 2 rings (SSSR count). The van der Waals surface area contributed by atoms with Crippen molar-refractivity contribution in [3.63, 3.8) is 0 Å². The first-order valence-electron chi connectivity index (χ1n) is 6.35. The van der Waals surface area contributed by atoms with Gasteiger partial charge >= 0.3 is 0 Å². The van der Waals surface area contributed by atoms with Crippen LogP contribution in [0.2, 0.25) is 10.0 Å². The number of nitrogens with one attached hydrogen (secondary N) is 1. The van der Waals surface area contributed by atoms with Gasteiger partial charge in [0.05, 0.1) is 28.9 Å². The first-order valence-corrected chi connectivity index (χ1v) is 7.11. The third-order valence-electron chi connectivity index (χ3n) is 2.95. The predicted molar refractivity (Wildman–Crippen MR) is 81.4 cm³/mol. The lowest BCUT2D eigenvalue weighted by molar-refractivity contribution is 0.199. The number of nitrogens with zero attached hydrogens (tertiary/aromatic N) is 2. The number of rotatable bonds is 7. The van der Waals surface area contributed by atoms with E-state index in [4.69, 9.17) is 27.9 Å². The van der Waals surface area contributed by atoms with E-state index in [1.165, 1.54) is 0 Å². The summed E-state index contributed by atoms with van der Waals surface area (Å²) in [5.41, 5.74) is 2.05. The van der Waals surface area contributed by atoms with Crippen LogP contribution in [0, 0.1) is 0 Å². The molecule has 1 aromatic heterocycles. The molecule has 1 heterocycles. The summed E-state index contributed by atoms with van der Waals surface area (Å²) in [6.07, 6.45) is 1.78. The Hall–Kier alpha value is -1.07. The van der Waals surface area contributed by atoms with Crippen molar-refractivity contribution in [3.05, 3.63) is 51.8 Å². The van der Waals surface area contributed by atoms with Crippen molar-refractivity contribution in [1.29, 1.82) is 0 Å². The predicted octanol–water partition coefficient (Wildman–Crippen LogP) is 2.97. The van der Waals surface area contributed by atoms with Crippen LogP contribution in [-0.2, 0) is 17.8 Å². The number of hydrogen-bond donors (Lipinski definition) is 1. The van der Waals surface area contributed by atoms with Gasteiger partial charge in [-0.2, -0.15) is 5.10 Å². The molecule has 0 aliphatic carbocycles. The summed E-state index contributed by atoms with van der Waals surface area (Å²) in [6.45, 7) is 2.84. The van der Waals surface area contributed by atoms with Crippen LogP contribution < -0.4 is 5.32 Å². The summed E-state index contributed by atoms with van der Waals surface area (Å²) in [7, 11) is 1.69. The molecule has 0 amide bonds. The minimum atomic E-state index is 0.566. The van der Waals surface area contributed by atoms with Crippen LogP contribution in [0.5, 0.6) is 0 Å². The van der Waals surface area contributed by atoms with E-state index in [0.29, 0.717) is 23.2 Å². The van der Waals surface area contributed by atoms with Gasteiger partial charge in [-0.05, 0) is 17.7 Å². The van der Waals surface area contributed by atoms with Crippen molar-refractivity contribution in [3.8, 4) is 0 Å². The van der Waals surface area contributed by atoms with Gasteiger partial charge in [0.25, 0.3) is 0 Å². The maximum absolute atomic E-state index is 6.20. The van der Waals surface area contributed by atoms with Crippen molar-refractivity contribution in [1.82, 2.24) is 15.1 Å². The Morgan fingerprint density at radius 3 is 2.95 bits per heavy atom. The molecule has 0 atom stereocenters. The highest BCUT2D eigenvalue weighted by Gasteiger charge is 2.08. The molecule has 0 bridgehead atoms. The molecule has 0 radical (unpaired) electrons. The Morgan fingerprint density at radius 2 is 2.15 bits per heavy atom. The molecule has 0 spiro atoms. The number of aromatic nitrogens is 2. The molecule has 0 saturated heterocycles. The van der Waals surface area contributed by atoms with Crippen molar-refractivity contribution in [2.75, 3.05) is 20.3 Å². The Morgan fingerprint density at radius 1 is 1.30 bits per heavy atom. The molecule has 0 aliphatic heterocycles. The first-order chi connectivity index (χ1) is 9.72. The zero-order chi connectivity index (χ0) is 14.4. The summed E-state index contributed by atoms with van der Waals surface area (Å²) >= 11 is 12.2. The second-order valence-corrected chi connectivity index (χ2v) is 5.15. The van der Waals surface area contributed by atoms with E-state index in [9.17, 15) is 0 Å². The number of ether oxygens (including phenoxy) is 1. The van der Waals surface area contributed by atoms with Crippen LogP contribution in [0.25, 0.3) is 0 Å². The summed E-state index contributed by atoms with van der Waals surface area (Å²) < 4.78 is 6.91. The van der Waals surface area contributed by atoms with E-state index in [0.717, 1.165) is 24.3 Å². The van der Waals surface area contributed by atoms with Crippen LogP contribution in [0.15, 0.2) is 30.5 Å². The lowest BCUT2D eigenvalue weighted by atomic mass is 10.2. The fraction of sp³-hybridized carbons (Fsp3) is 0.357. The highest BCUT2D eigenvalue weighted by molar-refractivity contribution is 6.42. The normalized spacial score (nSPS) is 10.9. The lowest BCUT2D eigenvalue weighted by Crippen LogP contribution is -2.21. The first kappa shape index (κ1) is 15.3. The van der Waals surface area contributed by atoms with E-state index in [1.807, 2.05) is 22.9 Å². The summed E-state index contributed by atoms with van der Waals surface area (Å²) in [5, 5.41) is 8.77. The fourth-order valence-corrected chi connectivity index (χ4v) is 2.26. The number of halogens is 2. The van der Waals surface area contributed by atoms with Crippen LogP contribution >= 0.6 is 23.2 Å². The minimum absolute atomic E-state index is 0.566. The third kappa shape index (κ3) is 3.96. The molecule has 20 heavy (non-hydrogen) atoms. The third-order valence-corrected chi connectivity index (χ3v) is 3.80. The largest absolute Gasteiger partial charge is 0.383 e. The van der Waals surface area contributed by atoms with Crippen LogP contribution in [0.4, 0.5) is 0 Å². The molecule has 1 aromatic carbocycles. The zero-order valence-corrected chi connectivity index (χ0v) is 12.8. The fourth-order valence-electron chi connectivity index (χ4n) is 1.88. The molecule has 0 fully saturated rings. The average molecular weight is 314 g/mol. The van der Waals surface area contributed by atoms with Crippen LogP contribution in [0.3, 0.4) is 0 Å². The van der Waals surface area contributed by atoms with Gasteiger partial charge in [-0.1, -0.05) is 35.3 Å². The molecular weight excluding hydrogens is 297 g/mol. The number of benzene rings is 1. The Balaban J connectivity index is 2.03. The van der Waals surface area contributed by atoms with E-state index < -0.39 is 0 Å². The molecule has 0 aliphatic rings. The van der Waals surface area contributed by atoms with Crippen molar-refractivity contribution in [2.24, 2.45) is 0 Å². The van der Waals surface area contributed by atoms with Crippen LogP contribution in [0.1, 0.15) is 11.3 Å². The summed E-state index contributed by atoms with van der Waals surface area (Å²) in [4.78, 5) is 0. The quantitative estimate of drug-likeness (QED) is 0.799. The van der Waals surface area contributed by atoms with Gasteiger partial charge in [-0.25, -0.2) is 0 Å². The SMILES string of the molecule is COCCNCc1ccnn1Cc1cccc(Cl)c1Cl. The summed E-state index contributed by atoms with van der Waals surface area (Å²) in [6, 6.07) is 7.61. The maximum Gasteiger partial charge on any atom is 0.0678 e. The molecule has 2 aromatic rings. The second kappa shape index (κ2) is 7.64. The molecule has 0 unspecified atom stereocenters. The van der Waals surface area contributed by atoms with Gasteiger partial charge in [0.2, 0.25) is 0 Å². The van der Waals surface area contributed by atoms with Gasteiger partial charge < -0.3 is 10.1 Å². The number of hydrogen-bond acceptors (Lipinski definition) is 3.